The van der Waals surface area contributed by atoms with E-state index in [-0.39, 0.29) is 24.8 Å². The first-order valence-electron chi connectivity index (χ1n) is 3.85. The Kier molecular flexibility index (Phi) is 7.23. The third-order valence-corrected chi connectivity index (χ3v) is 2.48. The highest BCUT2D eigenvalue weighted by Crippen LogP contribution is 2.16. The molecule has 0 amide bonds. The number of rotatable bonds is 0. The maximum Gasteiger partial charge on any atom is 0.168 e. The Hall–Kier alpha value is 0.340. The topological polar surface area (TPSA) is 136 Å². The summed E-state index contributed by atoms with van der Waals surface area (Å²) in [5.74, 6) is 0. The van der Waals surface area contributed by atoms with Crippen LogP contribution in [0, 0.1) is 0 Å². The molecule has 0 saturated heterocycles. The van der Waals surface area contributed by atoms with E-state index in [4.69, 9.17) is 0 Å². The van der Waals surface area contributed by atoms with E-state index in [0.29, 0.717) is 0 Å². The average Bonchev–Trinajstić information content (AvgIpc) is 2.08. The van der Waals surface area contributed by atoms with E-state index < -0.39 is 36.5 Å². The molecule has 1 fully saturated rings. The predicted molar refractivity (Wildman–Crippen MR) is 37.4 cm³/mol. The maximum atomic E-state index is 9.28. The zero-order valence-electron chi connectivity index (χ0n) is 7.42. The van der Waals surface area contributed by atoms with Crippen LogP contribution in [-0.4, -0.2) is 56.9 Å². The van der Waals surface area contributed by atoms with Gasteiger partial charge in [0.25, 0.3) is 0 Å². The molecule has 6 atom stereocenters. The highest BCUT2D eigenvalue weighted by Gasteiger charge is 2.50. The van der Waals surface area contributed by atoms with E-state index in [0.717, 1.165) is 0 Å². The van der Waals surface area contributed by atoms with Gasteiger partial charge in [-0.2, -0.15) is 0 Å². The number of hydrogen-bond donors (Lipinski definition) is 6. The van der Waals surface area contributed by atoms with E-state index in [1.165, 1.54) is 0 Å². The van der Waals surface area contributed by atoms with Gasteiger partial charge in [-0.15, -0.1) is 0 Å². The summed E-state index contributed by atoms with van der Waals surface area (Å²) in [5.41, 5.74) is 7.10. The van der Waals surface area contributed by atoms with Gasteiger partial charge in [-0.3, -0.25) is 0 Å². The number of aliphatic hydroxyl groups is 4. The second kappa shape index (κ2) is 6.04. The molecule has 1 saturated carbocycles. The lowest BCUT2D eigenvalue weighted by atomic mass is 9.82. The zero-order chi connectivity index (χ0) is 9.46. The van der Waals surface area contributed by atoms with Crippen LogP contribution in [0.15, 0.2) is 0 Å². The van der Waals surface area contributed by atoms with Crippen molar-refractivity contribution < 1.29 is 56.7 Å². The lowest BCUT2D eigenvalue weighted by Gasteiger charge is -2.36. The Labute approximate surface area is 93.7 Å². The second-order valence-electron chi connectivity index (χ2n) is 3.29. The number of hydrogen-bond acceptors (Lipinski definition) is 4. The van der Waals surface area contributed by atoms with E-state index in [1.54, 1.807) is 0 Å². The summed E-state index contributed by atoms with van der Waals surface area (Å²) in [7, 11) is 0. The normalized spacial score (nSPS) is 47.6. The minimum atomic E-state index is -1.33. The van der Waals surface area contributed by atoms with Crippen LogP contribution >= 0.6 is 0 Å². The Bertz CT molecular complexity index is 117. The number of halogens is 2. The van der Waals surface area contributed by atoms with Gasteiger partial charge in [-0.05, 0) is 0 Å². The fraction of sp³-hybridized carbons (Fsp3) is 1.00. The highest BCUT2D eigenvalue weighted by molar-refractivity contribution is 4.96. The van der Waals surface area contributed by atoms with Crippen LogP contribution in [0.2, 0.25) is 0 Å². The minimum absolute atomic E-state index is 0. The fourth-order valence-corrected chi connectivity index (χ4v) is 1.42. The number of aliphatic hydroxyl groups excluding tert-OH is 4. The Morgan fingerprint density at radius 1 is 0.571 bits per heavy atom. The van der Waals surface area contributed by atoms with Crippen molar-refractivity contribution in [3.63, 3.8) is 0 Å². The summed E-state index contributed by atoms with van der Waals surface area (Å²) in [5, 5.41) is 36.9. The smallest absolute Gasteiger partial charge is 0.168 e. The summed E-state index contributed by atoms with van der Waals surface area (Å²) in [6.07, 6.45) is -4.90. The summed E-state index contributed by atoms with van der Waals surface area (Å²) in [4.78, 5) is 0. The van der Waals surface area contributed by atoms with Crippen molar-refractivity contribution >= 4 is 0 Å². The zero-order valence-corrected chi connectivity index (χ0v) is 8.93. The van der Waals surface area contributed by atoms with Gasteiger partial charge in [0.05, 0.1) is 0 Å². The monoisotopic (exact) mass is 250 g/mol. The van der Waals surface area contributed by atoms with Crippen LogP contribution in [0.1, 0.15) is 0 Å². The molecule has 0 aromatic heterocycles. The van der Waals surface area contributed by atoms with Gasteiger partial charge >= 0.3 is 0 Å². The largest absolute Gasteiger partial charge is 1.00 e. The first-order chi connectivity index (χ1) is 5.46. The molecule has 8 heteroatoms. The molecule has 14 heavy (non-hydrogen) atoms. The third kappa shape index (κ3) is 2.68. The van der Waals surface area contributed by atoms with Crippen molar-refractivity contribution in [1.82, 2.24) is 0 Å². The van der Waals surface area contributed by atoms with Crippen molar-refractivity contribution in [2.24, 2.45) is 0 Å². The summed E-state index contributed by atoms with van der Waals surface area (Å²) >= 11 is 0. The van der Waals surface area contributed by atoms with Gasteiger partial charge in [0.1, 0.15) is 24.4 Å². The quantitative estimate of drug-likeness (QED) is 0.255. The van der Waals surface area contributed by atoms with Crippen LogP contribution in [0.5, 0.6) is 0 Å². The molecule has 1 rings (SSSR count). The van der Waals surface area contributed by atoms with E-state index in [2.05, 4.69) is 11.5 Å². The Morgan fingerprint density at radius 2 is 0.786 bits per heavy atom. The van der Waals surface area contributed by atoms with Gasteiger partial charge in [0.2, 0.25) is 0 Å². The second-order valence-corrected chi connectivity index (χ2v) is 3.29. The Morgan fingerprint density at radius 3 is 1.00 bits per heavy atom. The number of quaternary nitrogens is 2. The van der Waals surface area contributed by atoms with Crippen molar-refractivity contribution in [3.05, 3.63) is 0 Å². The van der Waals surface area contributed by atoms with E-state index in [9.17, 15) is 20.4 Å². The van der Waals surface area contributed by atoms with Crippen molar-refractivity contribution in [2.75, 3.05) is 0 Å². The van der Waals surface area contributed by atoms with Crippen molar-refractivity contribution in [3.8, 4) is 0 Å². The lowest BCUT2D eigenvalue weighted by molar-refractivity contribution is -0.562. The maximum absolute atomic E-state index is 9.28. The molecule has 10 N–H and O–H groups in total. The molecule has 6 nitrogen and oxygen atoms in total. The van der Waals surface area contributed by atoms with Gasteiger partial charge in [0, 0.05) is 0 Å². The van der Waals surface area contributed by atoms with E-state index >= 15 is 0 Å². The third-order valence-electron chi connectivity index (χ3n) is 2.48. The lowest BCUT2D eigenvalue weighted by Crippen LogP contribution is -3.00. The predicted octanol–water partition coefficient (Wildman–Crippen LogP) is -11.3. The SMILES string of the molecule is [Cl-].[Cl-].[NH3+][C@@H]1[C@@H]([NH3+])[C@H](O)[C@H](O)[C@@H](O)[C@H]1O. The molecule has 0 unspecified atom stereocenters. The van der Waals surface area contributed by atoms with Crippen LogP contribution in [0.25, 0.3) is 0 Å². The highest BCUT2D eigenvalue weighted by atomic mass is 35.5. The van der Waals surface area contributed by atoms with Gasteiger partial charge in [-0.25, -0.2) is 0 Å². The molecule has 0 radical (unpaired) electrons. The first-order valence-corrected chi connectivity index (χ1v) is 3.85. The van der Waals surface area contributed by atoms with E-state index in [1.807, 2.05) is 0 Å². The first kappa shape index (κ1) is 16.8. The van der Waals surface area contributed by atoms with Gasteiger partial charge < -0.3 is 56.7 Å². The van der Waals surface area contributed by atoms with Crippen molar-refractivity contribution in [1.29, 1.82) is 0 Å². The molecule has 88 valence electrons. The summed E-state index contributed by atoms with van der Waals surface area (Å²) < 4.78 is 0. The molecule has 0 heterocycles. The molecule has 1 aliphatic carbocycles. The molecule has 0 aromatic rings. The molecule has 1 aliphatic rings. The summed E-state index contributed by atoms with van der Waals surface area (Å²) in [6, 6.07) is -1.11. The van der Waals surface area contributed by atoms with Gasteiger partial charge in [0.15, 0.2) is 12.1 Å². The molecule has 0 aromatic carbocycles. The molecular weight excluding hydrogens is 235 g/mol. The molecule has 0 bridgehead atoms. The summed E-state index contributed by atoms with van der Waals surface area (Å²) in [6.45, 7) is 0. The van der Waals surface area contributed by atoms with Crippen LogP contribution in [-0.2, 0) is 0 Å². The van der Waals surface area contributed by atoms with Gasteiger partial charge in [-0.1, -0.05) is 0 Å². The van der Waals surface area contributed by atoms with Crippen LogP contribution < -0.4 is 36.3 Å². The fourth-order valence-electron chi connectivity index (χ4n) is 1.42. The van der Waals surface area contributed by atoms with Crippen molar-refractivity contribution in [2.45, 2.75) is 36.5 Å². The van der Waals surface area contributed by atoms with Crippen LogP contribution in [0.4, 0.5) is 0 Å². The molecule has 0 spiro atoms. The molecular formula is C6H16Cl2N2O4. The van der Waals surface area contributed by atoms with Crippen LogP contribution in [0.3, 0.4) is 0 Å². The minimum Gasteiger partial charge on any atom is -1.00 e. The standard InChI is InChI=1S/C6H14N2O4.2ClH/c7-1-2(8)4(10)6(12)5(11)3(1)9;;/h1-6,9-12H,7-8H2;2*1H/t1-,2-,3+,4+,5+,6+;;/m1../s1. The molecule has 0 aliphatic heterocycles. The average molecular weight is 251 g/mol. The Balaban J connectivity index is 0.